The van der Waals surface area contributed by atoms with Crippen LogP contribution in [0.15, 0.2) is 28.7 Å². The van der Waals surface area contributed by atoms with Crippen molar-refractivity contribution in [1.82, 2.24) is 9.55 Å². The lowest BCUT2D eigenvalue weighted by Gasteiger charge is -2.10. The molecule has 4 nitrogen and oxygen atoms in total. The summed E-state index contributed by atoms with van der Waals surface area (Å²) in [5.41, 5.74) is -0.0570. The Hall–Kier alpha value is -1.58. The van der Waals surface area contributed by atoms with Gasteiger partial charge in [0.25, 0.3) is 5.56 Å². The topological polar surface area (TPSA) is 58.7 Å². The zero-order chi connectivity index (χ0) is 14.7. The highest BCUT2D eigenvalue weighted by atomic mass is 32.2. The van der Waals surface area contributed by atoms with Gasteiger partial charge in [-0.15, -0.1) is 17.9 Å². The minimum Gasteiger partial charge on any atom is -0.283 e. The third-order valence-corrected chi connectivity index (χ3v) is 4.95. The van der Waals surface area contributed by atoms with E-state index in [0.29, 0.717) is 17.1 Å². The zero-order valence-corrected chi connectivity index (χ0v) is 13.1. The van der Waals surface area contributed by atoms with Crippen molar-refractivity contribution in [2.75, 3.05) is 0 Å². The van der Waals surface area contributed by atoms with Crippen molar-refractivity contribution in [3.63, 3.8) is 0 Å². The van der Waals surface area contributed by atoms with E-state index in [1.165, 1.54) is 11.8 Å². The van der Waals surface area contributed by atoms with Crippen molar-refractivity contribution in [3.05, 3.63) is 34.0 Å². The number of nitriles is 1. The van der Waals surface area contributed by atoms with Crippen LogP contribution in [0.3, 0.4) is 0 Å². The molecule has 2 rings (SSSR count). The molecule has 0 aliphatic rings. The first-order chi connectivity index (χ1) is 9.60. The summed E-state index contributed by atoms with van der Waals surface area (Å²) in [5.74, 6) is 0. The zero-order valence-electron chi connectivity index (χ0n) is 11.4. The van der Waals surface area contributed by atoms with Crippen LogP contribution >= 0.6 is 23.1 Å². The molecule has 2 aromatic heterocycles. The molecule has 0 radical (unpaired) electrons. The number of rotatable bonds is 5. The van der Waals surface area contributed by atoms with E-state index in [4.69, 9.17) is 5.26 Å². The fourth-order valence-corrected chi connectivity index (χ4v) is 3.60. The summed E-state index contributed by atoms with van der Waals surface area (Å²) in [6, 6.07) is 4.07. The fourth-order valence-electron chi connectivity index (χ4n) is 1.79. The van der Waals surface area contributed by atoms with Crippen LogP contribution in [0.1, 0.15) is 18.7 Å². The molecule has 6 heteroatoms. The highest BCUT2D eigenvalue weighted by molar-refractivity contribution is 8.00. The number of hydrogen-bond acceptors (Lipinski definition) is 5. The van der Waals surface area contributed by atoms with Gasteiger partial charge in [0.1, 0.15) is 4.83 Å². The molecular formula is C14H15N3OS2. The molecule has 0 fully saturated rings. The number of nitrogens with zero attached hydrogens (tertiary/aromatic N) is 3. The van der Waals surface area contributed by atoms with Gasteiger partial charge in [-0.1, -0.05) is 24.8 Å². The van der Waals surface area contributed by atoms with E-state index in [-0.39, 0.29) is 10.8 Å². The number of allylic oxidation sites excluding steroid dienone is 1. The maximum Gasteiger partial charge on any atom is 0.263 e. The highest BCUT2D eigenvalue weighted by Gasteiger charge is 2.15. The molecule has 0 amide bonds. The molecule has 2 heterocycles. The Balaban J connectivity index is 2.65. The Kier molecular flexibility index (Phi) is 4.63. The summed E-state index contributed by atoms with van der Waals surface area (Å²) in [7, 11) is 0. The molecule has 0 aliphatic heterocycles. The molecule has 0 saturated carbocycles. The first-order valence-electron chi connectivity index (χ1n) is 6.31. The van der Waals surface area contributed by atoms with E-state index in [9.17, 15) is 4.79 Å². The van der Waals surface area contributed by atoms with Gasteiger partial charge in [-0.25, -0.2) is 4.98 Å². The predicted octanol–water partition coefficient (Wildman–Crippen LogP) is 3.21. The highest BCUT2D eigenvalue weighted by Crippen LogP contribution is 2.26. The van der Waals surface area contributed by atoms with Crippen molar-refractivity contribution < 1.29 is 0 Å². The number of fused-ring (bicyclic) bond motifs is 1. The van der Waals surface area contributed by atoms with E-state index in [2.05, 4.69) is 24.6 Å². The molecule has 1 atom stereocenters. The predicted molar refractivity (Wildman–Crippen MR) is 84.4 cm³/mol. The third-order valence-electron chi connectivity index (χ3n) is 2.79. The second-order valence-corrected chi connectivity index (χ2v) is 6.70. The van der Waals surface area contributed by atoms with Crippen LogP contribution in [0.5, 0.6) is 0 Å². The van der Waals surface area contributed by atoms with Crippen molar-refractivity contribution >= 4 is 33.3 Å². The van der Waals surface area contributed by atoms with Crippen LogP contribution < -0.4 is 5.56 Å². The number of aromatic nitrogens is 2. The monoisotopic (exact) mass is 305 g/mol. The largest absolute Gasteiger partial charge is 0.283 e. The van der Waals surface area contributed by atoms with Crippen LogP contribution in [0, 0.1) is 11.3 Å². The van der Waals surface area contributed by atoms with Gasteiger partial charge < -0.3 is 0 Å². The summed E-state index contributed by atoms with van der Waals surface area (Å²) in [4.78, 5) is 19.0. The minimum absolute atomic E-state index is 0.0570. The first kappa shape index (κ1) is 14.8. The van der Waals surface area contributed by atoms with E-state index in [0.717, 1.165) is 16.1 Å². The first-order valence-corrected chi connectivity index (χ1v) is 8.00. The van der Waals surface area contributed by atoms with Crippen molar-refractivity contribution in [1.29, 1.82) is 5.26 Å². The van der Waals surface area contributed by atoms with Crippen LogP contribution in [-0.4, -0.2) is 14.8 Å². The van der Waals surface area contributed by atoms with Gasteiger partial charge >= 0.3 is 0 Å². The molecule has 0 N–H and O–H groups in total. The number of thioether (sulfide) groups is 1. The molecular weight excluding hydrogens is 290 g/mol. The van der Waals surface area contributed by atoms with E-state index in [1.807, 2.05) is 6.07 Å². The lowest BCUT2D eigenvalue weighted by molar-refractivity contribution is 0.672. The molecule has 0 saturated heterocycles. The Morgan fingerprint density at radius 2 is 2.45 bits per heavy atom. The lowest BCUT2D eigenvalue weighted by atomic mass is 10.3. The van der Waals surface area contributed by atoms with Crippen molar-refractivity contribution in [3.8, 4) is 6.07 Å². The number of aryl methyl sites for hydroxylation is 1. The Morgan fingerprint density at radius 1 is 1.70 bits per heavy atom. The van der Waals surface area contributed by atoms with Crippen molar-refractivity contribution in [2.24, 2.45) is 0 Å². The second-order valence-electron chi connectivity index (χ2n) is 4.27. The van der Waals surface area contributed by atoms with Crippen LogP contribution in [0.25, 0.3) is 10.2 Å². The lowest BCUT2D eigenvalue weighted by Crippen LogP contribution is -2.22. The smallest absolute Gasteiger partial charge is 0.263 e. The Bertz CT molecular complexity index is 739. The average molecular weight is 305 g/mol. The normalized spacial score (nSPS) is 12.2. The van der Waals surface area contributed by atoms with Gasteiger partial charge in [-0.2, -0.15) is 5.26 Å². The molecule has 0 bridgehead atoms. The third kappa shape index (κ3) is 2.79. The molecule has 0 aliphatic carbocycles. The van der Waals surface area contributed by atoms with Crippen LogP contribution in [0.2, 0.25) is 0 Å². The van der Waals surface area contributed by atoms with Gasteiger partial charge in [0.2, 0.25) is 0 Å². The maximum absolute atomic E-state index is 12.5. The Morgan fingerprint density at radius 3 is 3.05 bits per heavy atom. The molecule has 20 heavy (non-hydrogen) atoms. The summed E-state index contributed by atoms with van der Waals surface area (Å²) in [6.45, 7) is 7.93. The van der Waals surface area contributed by atoms with Crippen LogP contribution in [-0.2, 0) is 13.0 Å². The summed E-state index contributed by atoms with van der Waals surface area (Å²) >= 11 is 2.85. The van der Waals surface area contributed by atoms with Gasteiger partial charge in [-0.3, -0.25) is 9.36 Å². The summed E-state index contributed by atoms with van der Waals surface area (Å²) in [6.07, 6.45) is 2.56. The van der Waals surface area contributed by atoms with Gasteiger partial charge in [-0.05, 0) is 19.4 Å². The van der Waals surface area contributed by atoms with E-state index < -0.39 is 0 Å². The standard InChI is InChI=1S/C14H15N3OS2/c1-4-6-17-13(18)11-7-10(5-2)20-12(11)16-14(17)19-9(3)8-15/h4,7,9H,1,5-6H2,2-3H3/t9-/m1/s1. The van der Waals surface area contributed by atoms with E-state index in [1.54, 1.807) is 28.9 Å². The SMILES string of the molecule is C=CCn1c(S[C@H](C)C#N)nc2sc(CC)cc2c1=O. The van der Waals surface area contributed by atoms with Gasteiger partial charge in [0.15, 0.2) is 5.16 Å². The Labute approximate surface area is 125 Å². The molecule has 2 aromatic rings. The van der Waals surface area contributed by atoms with E-state index >= 15 is 0 Å². The summed E-state index contributed by atoms with van der Waals surface area (Å²) < 4.78 is 1.58. The second kappa shape index (κ2) is 6.25. The average Bonchev–Trinajstić information content (AvgIpc) is 2.86. The summed E-state index contributed by atoms with van der Waals surface area (Å²) in [5, 5.41) is 9.93. The maximum atomic E-state index is 12.5. The van der Waals surface area contributed by atoms with Crippen LogP contribution in [0.4, 0.5) is 0 Å². The fraction of sp³-hybridized carbons (Fsp3) is 0.357. The van der Waals surface area contributed by atoms with Gasteiger partial charge in [0.05, 0.1) is 16.7 Å². The quantitative estimate of drug-likeness (QED) is 0.483. The molecule has 0 unspecified atom stereocenters. The number of thiophene rings is 1. The van der Waals surface area contributed by atoms with Gasteiger partial charge in [0, 0.05) is 11.4 Å². The molecule has 0 spiro atoms. The van der Waals surface area contributed by atoms with Crippen molar-refractivity contribution in [2.45, 2.75) is 37.2 Å². The molecule has 104 valence electrons. The molecule has 0 aromatic carbocycles. The minimum atomic E-state index is -0.249. The number of hydrogen-bond donors (Lipinski definition) is 0.